The van der Waals surface area contributed by atoms with Crippen LogP contribution in [-0.4, -0.2) is 13.1 Å². The minimum absolute atomic E-state index is 0.516. The van der Waals surface area contributed by atoms with Crippen molar-refractivity contribution in [1.29, 1.82) is 0 Å². The van der Waals surface area contributed by atoms with Gasteiger partial charge in [-0.25, -0.2) is 0 Å². The molecule has 2 heteroatoms. The largest absolute Gasteiger partial charge is 0.397 e. The standard InChI is InChI=1S/C14H22N2/c1-3-14(4-2)9-10-16(11-14)13-8-6-5-7-12(13)15/h5-8H,3-4,9-11,15H2,1-2H3. The van der Waals surface area contributed by atoms with Crippen LogP contribution < -0.4 is 10.6 Å². The fourth-order valence-corrected chi connectivity index (χ4v) is 2.74. The van der Waals surface area contributed by atoms with Gasteiger partial charge >= 0.3 is 0 Å². The summed E-state index contributed by atoms with van der Waals surface area (Å²) >= 11 is 0. The molecule has 0 radical (unpaired) electrons. The highest BCUT2D eigenvalue weighted by molar-refractivity contribution is 5.67. The molecule has 1 aromatic rings. The molecule has 0 atom stereocenters. The first-order chi connectivity index (χ1) is 7.71. The molecule has 1 aliphatic heterocycles. The summed E-state index contributed by atoms with van der Waals surface area (Å²) in [5.74, 6) is 0. The van der Waals surface area contributed by atoms with Crippen LogP contribution in [0, 0.1) is 5.41 Å². The lowest BCUT2D eigenvalue weighted by Gasteiger charge is -2.27. The molecule has 0 aliphatic carbocycles. The van der Waals surface area contributed by atoms with E-state index in [2.05, 4.69) is 30.9 Å². The molecule has 16 heavy (non-hydrogen) atoms. The highest BCUT2D eigenvalue weighted by Crippen LogP contribution is 2.40. The van der Waals surface area contributed by atoms with E-state index in [0.29, 0.717) is 5.41 Å². The summed E-state index contributed by atoms with van der Waals surface area (Å²) in [5.41, 5.74) is 8.67. The maximum Gasteiger partial charge on any atom is 0.0600 e. The first kappa shape index (κ1) is 11.3. The minimum atomic E-state index is 0.516. The predicted octanol–water partition coefficient (Wildman–Crippen LogP) is 3.29. The maximum atomic E-state index is 6.03. The van der Waals surface area contributed by atoms with Crippen molar-refractivity contribution in [1.82, 2.24) is 0 Å². The van der Waals surface area contributed by atoms with Gasteiger partial charge in [0.05, 0.1) is 11.4 Å². The number of benzene rings is 1. The first-order valence-corrected chi connectivity index (χ1v) is 6.30. The van der Waals surface area contributed by atoms with Crippen molar-refractivity contribution in [3.63, 3.8) is 0 Å². The number of para-hydroxylation sites is 2. The molecular formula is C14H22N2. The average molecular weight is 218 g/mol. The number of anilines is 2. The Kier molecular flexibility index (Phi) is 3.08. The van der Waals surface area contributed by atoms with E-state index in [1.165, 1.54) is 24.9 Å². The van der Waals surface area contributed by atoms with E-state index in [4.69, 9.17) is 5.73 Å². The molecule has 1 heterocycles. The lowest BCUT2D eigenvalue weighted by Crippen LogP contribution is -2.26. The van der Waals surface area contributed by atoms with Gasteiger partial charge in [0, 0.05) is 13.1 Å². The molecule has 0 spiro atoms. The van der Waals surface area contributed by atoms with Crippen LogP contribution >= 0.6 is 0 Å². The number of nitrogen functional groups attached to an aromatic ring is 1. The van der Waals surface area contributed by atoms with Crippen LogP contribution in [0.25, 0.3) is 0 Å². The smallest absolute Gasteiger partial charge is 0.0600 e. The normalized spacial score (nSPS) is 19.0. The SMILES string of the molecule is CCC1(CC)CCN(c2ccccc2N)C1. The molecule has 2 N–H and O–H groups in total. The zero-order chi connectivity index (χ0) is 11.6. The van der Waals surface area contributed by atoms with E-state index in [-0.39, 0.29) is 0 Å². The van der Waals surface area contributed by atoms with Gasteiger partial charge < -0.3 is 10.6 Å². The number of hydrogen-bond donors (Lipinski definition) is 1. The number of nitrogens with zero attached hydrogens (tertiary/aromatic N) is 1. The van der Waals surface area contributed by atoms with Gasteiger partial charge in [-0.05, 0) is 36.8 Å². The monoisotopic (exact) mass is 218 g/mol. The Morgan fingerprint density at radius 3 is 2.50 bits per heavy atom. The van der Waals surface area contributed by atoms with Gasteiger partial charge in [-0.1, -0.05) is 26.0 Å². The third-order valence-corrected chi connectivity index (χ3v) is 4.22. The van der Waals surface area contributed by atoms with E-state index in [0.717, 1.165) is 18.8 Å². The third kappa shape index (κ3) is 1.89. The van der Waals surface area contributed by atoms with E-state index in [9.17, 15) is 0 Å². The van der Waals surface area contributed by atoms with Gasteiger partial charge in [0.2, 0.25) is 0 Å². The van der Waals surface area contributed by atoms with E-state index >= 15 is 0 Å². The molecule has 1 saturated heterocycles. The Hall–Kier alpha value is -1.18. The Bertz CT molecular complexity index is 356. The molecule has 0 aromatic heterocycles. The number of rotatable bonds is 3. The van der Waals surface area contributed by atoms with Crippen LogP contribution in [-0.2, 0) is 0 Å². The Labute approximate surface area is 98.4 Å². The van der Waals surface area contributed by atoms with E-state index in [1.54, 1.807) is 0 Å². The minimum Gasteiger partial charge on any atom is -0.397 e. The molecule has 1 aliphatic rings. The molecule has 1 fully saturated rings. The Morgan fingerprint density at radius 2 is 1.94 bits per heavy atom. The molecular weight excluding hydrogens is 196 g/mol. The molecule has 88 valence electrons. The third-order valence-electron chi connectivity index (χ3n) is 4.22. The van der Waals surface area contributed by atoms with Crippen LogP contribution in [0.3, 0.4) is 0 Å². The van der Waals surface area contributed by atoms with Gasteiger partial charge in [0.15, 0.2) is 0 Å². The second-order valence-electron chi connectivity index (χ2n) is 4.94. The second-order valence-corrected chi connectivity index (χ2v) is 4.94. The number of hydrogen-bond acceptors (Lipinski definition) is 2. The number of nitrogens with two attached hydrogens (primary N) is 1. The van der Waals surface area contributed by atoms with Crippen molar-refractivity contribution in [2.45, 2.75) is 33.1 Å². The zero-order valence-corrected chi connectivity index (χ0v) is 10.4. The van der Waals surface area contributed by atoms with Crippen molar-refractivity contribution in [3.05, 3.63) is 24.3 Å². The van der Waals surface area contributed by atoms with E-state index < -0.39 is 0 Å². The lowest BCUT2D eigenvalue weighted by atomic mass is 9.82. The predicted molar refractivity (Wildman–Crippen MR) is 70.7 cm³/mol. The van der Waals surface area contributed by atoms with Gasteiger partial charge in [-0.15, -0.1) is 0 Å². The summed E-state index contributed by atoms with van der Waals surface area (Å²) in [4.78, 5) is 2.45. The average Bonchev–Trinajstić information content (AvgIpc) is 2.75. The fraction of sp³-hybridized carbons (Fsp3) is 0.571. The molecule has 1 aromatic carbocycles. The van der Waals surface area contributed by atoms with Gasteiger partial charge in [-0.3, -0.25) is 0 Å². The highest BCUT2D eigenvalue weighted by Gasteiger charge is 2.35. The van der Waals surface area contributed by atoms with Crippen LogP contribution in [0.5, 0.6) is 0 Å². The summed E-state index contributed by atoms with van der Waals surface area (Å²) in [7, 11) is 0. The molecule has 2 nitrogen and oxygen atoms in total. The zero-order valence-electron chi connectivity index (χ0n) is 10.4. The summed E-state index contributed by atoms with van der Waals surface area (Å²) in [6.07, 6.45) is 3.84. The van der Waals surface area contributed by atoms with Crippen LogP contribution in [0.15, 0.2) is 24.3 Å². The van der Waals surface area contributed by atoms with Gasteiger partial charge in [0.25, 0.3) is 0 Å². The van der Waals surface area contributed by atoms with Crippen molar-refractivity contribution >= 4 is 11.4 Å². The first-order valence-electron chi connectivity index (χ1n) is 6.30. The van der Waals surface area contributed by atoms with E-state index in [1.807, 2.05) is 12.1 Å². The van der Waals surface area contributed by atoms with Crippen LogP contribution in [0.1, 0.15) is 33.1 Å². The Balaban J connectivity index is 2.18. The molecule has 2 rings (SSSR count). The summed E-state index contributed by atoms with van der Waals surface area (Å²) in [6.45, 7) is 6.92. The van der Waals surface area contributed by atoms with Gasteiger partial charge in [0.1, 0.15) is 0 Å². The van der Waals surface area contributed by atoms with Crippen molar-refractivity contribution in [3.8, 4) is 0 Å². The van der Waals surface area contributed by atoms with Crippen LogP contribution in [0.2, 0.25) is 0 Å². The van der Waals surface area contributed by atoms with Crippen molar-refractivity contribution < 1.29 is 0 Å². The highest BCUT2D eigenvalue weighted by atomic mass is 15.2. The summed E-state index contributed by atoms with van der Waals surface area (Å²) < 4.78 is 0. The quantitative estimate of drug-likeness (QED) is 0.789. The molecule has 0 bridgehead atoms. The lowest BCUT2D eigenvalue weighted by molar-refractivity contribution is 0.301. The second kappa shape index (κ2) is 4.36. The summed E-state index contributed by atoms with van der Waals surface area (Å²) in [6, 6.07) is 8.20. The summed E-state index contributed by atoms with van der Waals surface area (Å²) in [5, 5.41) is 0. The van der Waals surface area contributed by atoms with Crippen LogP contribution in [0.4, 0.5) is 11.4 Å². The molecule has 0 saturated carbocycles. The Morgan fingerprint density at radius 1 is 1.25 bits per heavy atom. The van der Waals surface area contributed by atoms with Gasteiger partial charge in [-0.2, -0.15) is 0 Å². The fourth-order valence-electron chi connectivity index (χ4n) is 2.74. The topological polar surface area (TPSA) is 29.3 Å². The molecule has 0 unspecified atom stereocenters. The van der Waals surface area contributed by atoms with Crippen molar-refractivity contribution in [2.75, 3.05) is 23.7 Å². The molecule has 0 amide bonds. The van der Waals surface area contributed by atoms with Crippen molar-refractivity contribution in [2.24, 2.45) is 5.41 Å². The maximum absolute atomic E-state index is 6.03.